The second-order valence-corrected chi connectivity index (χ2v) is 4.71. The number of carbonyl (C=O) groups is 1. The van der Waals surface area contributed by atoms with Gasteiger partial charge in [-0.25, -0.2) is 4.79 Å². The Balaban J connectivity index is 2.07. The fourth-order valence-corrected chi connectivity index (χ4v) is 2.40. The maximum absolute atomic E-state index is 11.8. The van der Waals surface area contributed by atoms with Crippen LogP contribution >= 0.6 is 0 Å². The van der Waals surface area contributed by atoms with E-state index in [1.54, 1.807) is 0 Å². The smallest absolute Gasteiger partial charge is 0.339 e. The fraction of sp³-hybridized carbons (Fsp3) is 0.533. The molecule has 0 saturated heterocycles. The van der Waals surface area contributed by atoms with E-state index >= 15 is 0 Å². The molecule has 0 amide bonds. The molecule has 0 spiro atoms. The molecule has 1 atom stereocenters. The summed E-state index contributed by atoms with van der Waals surface area (Å²) in [5.41, 5.74) is 0.870. The molecule has 1 aliphatic rings. The van der Waals surface area contributed by atoms with Crippen LogP contribution in [0.15, 0.2) is 30.3 Å². The summed E-state index contributed by atoms with van der Waals surface area (Å²) in [5.74, 6) is -0.313. The molecule has 2 rings (SSSR count). The van der Waals surface area contributed by atoms with Crippen molar-refractivity contribution < 1.29 is 14.3 Å². The van der Waals surface area contributed by atoms with Crippen LogP contribution in [0.3, 0.4) is 0 Å². The van der Waals surface area contributed by atoms with Crippen LogP contribution in [0.4, 0.5) is 0 Å². The second kappa shape index (κ2) is 6.55. The lowest BCUT2D eigenvalue weighted by molar-refractivity contribution is -0.160. The Morgan fingerprint density at radius 2 is 1.83 bits per heavy atom. The SMILES string of the molecule is COC(=O)[C@H](OC1CCCCC1)c1ccccc1. The first-order valence-electron chi connectivity index (χ1n) is 6.59. The van der Waals surface area contributed by atoms with Gasteiger partial charge in [-0.3, -0.25) is 0 Å². The molecule has 1 fully saturated rings. The van der Waals surface area contributed by atoms with E-state index in [4.69, 9.17) is 9.47 Å². The lowest BCUT2D eigenvalue weighted by atomic mass is 9.97. The molecule has 3 nitrogen and oxygen atoms in total. The molecule has 18 heavy (non-hydrogen) atoms. The minimum atomic E-state index is -0.584. The molecule has 0 heterocycles. The molecule has 0 aliphatic heterocycles. The number of esters is 1. The quantitative estimate of drug-likeness (QED) is 0.767. The van der Waals surface area contributed by atoms with Crippen molar-refractivity contribution in [3.05, 3.63) is 35.9 Å². The first-order valence-corrected chi connectivity index (χ1v) is 6.59. The third-order valence-electron chi connectivity index (χ3n) is 3.40. The van der Waals surface area contributed by atoms with E-state index in [0.29, 0.717) is 0 Å². The van der Waals surface area contributed by atoms with Gasteiger partial charge in [0, 0.05) is 0 Å². The van der Waals surface area contributed by atoms with Crippen LogP contribution < -0.4 is 0 Å². The Labute approximate surface area is 108 Å². The minimum Gasteiger partial charge on any atom is -0.467 e. The van der Waals surface area contributed by atoms with Crippen molar-refractivity contribution in [1.29, 1.82) is 0 Å². The Hall–Kier alpha value is -1.35. The van der Waals surface area contributed by atoms with E-state index in [9.17, 15) is 4.79 Å². The van der Waals surface area contributed by atoms with Crippen LogP contribution in [0, 0.1) is 0 Å². The zero-order chi connectivity index (χ0) is 12.8. The highest BCUT2D eigenvalue weighted by atomic mass is 16.6. The largest absolute Gasteiger partial charge is 0.467 e. The number of ether oxygens (including phenoxy) is 2. The van der Waals surface area contributed by atoms with Crippen molar-refractivity contribution in [2.75, 3.05) is 7.11 Å². The number of rotatable bonds is 4. The zero-order valence-electron chi connectivity index (χ0n) is 10.8. The topological polar surface area (TPSA) is 35.5 Å². The Morgan fingerprint density at radius 1 is 1.17 bits per heavy atom. The monoisotopic (exact) mass is 248 g/mol. The van der Waals surface area contributed by atoms with Gasteiger partial charge >= 0.3 is 5.97 Å². The summed E-state index contributed by atoms with van der Waals surface area (Å²) in [6.45, 7) is 0. The van der Waals surface area contributed by atoms with E-state index in [1.807, 2.05) is 30.3 Å². The van der Waals surface area contributed by atoms with Gasteiger partial charge in [0.15, 0.2) is 6.10 Å². The predicted molar refractivity (Wildman–Crippen MR) is 69.2 cm³/mol. The van der Waals surface area contributed by atoms with Gasteiger partial charge < -0.3 is 9.47 Å². The third-order valence-corrected chi connectivity index (χ3v) is 3.40. The predicted octanol–water partition coefficient (Wildman–Crippen LogP) is 3.25. The van der Waals surface area contributed by atoms with E-state index in [0.717, 1.165) is 18.4 Å². The zero-order valence-corrected chi connectivity index (χ0v) is 10.8. The summed E-state index contributed by atoms with van der Waals surface area (Å²) in [6.07, 6.45) is 5.33. The Bertz CT molecular complexity index is 369. The van der Waals surface area contributed by atoms with E-state index in [2.05, 4.69) is 0 Å². The first-order chi connectivity index (χ1) is 8.81. The van der Waals surface area contributed by atoms with Crippen LogP contribution in [-0.4, -0.2) is 19.2 Å². The van der Waals surface area contributed by atoms with Crippen molar-refractivity contribution in [1.82, 2.24) is 0 Å². The summed E-state index contributed by atoms with van der Waals surface area (Å²) in [7, 11) is 1.41. The van der Waals surface area contributed by atoms with Crippen molar-refractivity contribution in [2.24, 2.45) is 0 Å². The maximum atomic E-state index is 11.8. The molecule has 0 aromatic heterocycles. The lowest BCUT2D eigenvalue weighted by Gasteiger charge is -2.26. The van der Waals surface area contributed by atoms with Gasteiger partial charge in [0.1, 0.15) is 0 Å². The number of benzene rings is 1. The standard InChI is InChI=1S/C15H20O3/c1-17-15(16)14(12-8-4-2-5-9-12)18-13-10-6-3-7-11-13/h2,4-5,8-9,13-14H,3,6-7,10-11H2,1H3/t14-/m1/s1. The highest BCUT2D eigenvalue weighted by Gasteiger charge is 2.26. The van der Waals surface area contributed by atoms with Crippen LogP contribution in [-0.2, 0) is 14.3 Å². The third kappa shape index (κ3) is 3.33. The van der Waals surface area contributed by atoms with Gasteiger partial charge in [-0.15, -0.1) is 0 Å². The average molecular weight is 248 g/mol. The van der Waals surface area contributed by atoms with Crippen LogP contribution in [0.2, 0.25) is 0 Å². The van der Waals surface area contributed by atoms with Gasteiger partial charge in [0.25, 0.3) is 0 Å². The number of hydrogen-bond acceptors (Lipinski definition) is 3. The van der Waals surface area contributed by atoms with Gasteiger partial charge in [-0.2, -0.15) is 0 Å². The number of hydrogen-bond donors (Lipinski definition) is 0. The Kier molecular flexibility index (Phi) is 4.76. The summed E-state index contributed by atoms with van der Waals surface area (Å²) in [4.78, 5) is 11.8. The summed E-state index contributed by atoms with van der Waals surface area (Å²) >= 11 is 0. The van der Waals surface area contributed by atoms with Gasteiger partial charge in [-0.1, -0.05) is 49.6 Å². The molecule has 1 aromatic rings. The van der Waals surface area contributed by atoms with Gasteiger partial charge in [0.2, 0.25) is 0 Å². The molecule has 1 saturated carbocycles. The summed E-state index contributed by atoms with van der Waals surface area (Å²) in [5, 5.41) is 0. The second-order valence-electron chi connectivity index (χ2n) is 4.71. The molecule has 3 heteroatoms. The van der Waals surface area contributed by atoms with Gasteiger partial charge in [-0.05, 0) is 18.4 Å². The van der Waals surface area contributed by atoms with Crippen molar-refractivity contribution in [3.63, 3.8) is 0 Å². The fourth-order valence-electron chi connectivity index (χ4n) is 2.40. The molecule has 0 bridgehead atoms. The highest BCUT2D eigenvalue weighted by molar-refractivity contribution is 5.76. The van der Waals surface area contributed by atoms with Crippen molar-refractivity contribution in [3.8, 4) is 0 Å². The number of carbonyl (C=O) groups excluding carboxylic acids is 1. The highest BCUT2D eigenvalue weighted by Crippen LogP contribution is 2.27. The lowest BCUT2D eigenvalue weighted by Crippen LogP contribution is -2.25. The van der Waals surface area contributed by atoms with Gasteiger partial charge in [0.05, 0.1) is 13.2 Å². The summed E-state index contributed by atoms with van der Waals surface area (Å²) in [6, 6.07) is 9.57. The van der Waals surface area contributed by atoms with E-state index < -0.39 is 6.10 Å². The summed E-state index contributed by atoms with van der Waals surface area (Å²) < 4.78 is 10.8. The molecule has 1 aliphatic carbocycles. The molecule has 98 valence electrons. The van der Waals surface area contributed by atoms with Crippen molar-refractivity contribution >= 4 is 5.97 Å². The van der Waals surface area contributed by atoms with E-state index in [1.165, 1.54) is 26.4 Å². The molecule has 0 N–H and O–H groups in total. The van der Waals surface area contributed by atoms with Crippen LogP contribution in [0.5, 0.6) is 0 Å². The van der Waals surface area contributed by atoms with E-state index in [-0.39, 0.29) is 12.1 Å². The van der Waals surface area contributed by atoms with Crippen LogP contribution in [0.1, 0.15) is 43.8 Å². The maximum Gasteiger partial charge on any atom is 0.339 e. The number of methoxy groups -OCH3 is 1. The minimum absolute atomic E-state index is 0.183. The first kappa shape index (κ1) is 13.1. The van der Waals surface area contributed by atoms with Crippen molar-refractivity contribution in [2.45, 2.75) is 44.3 Å². The normalized spacial score (nSPS) is 18.3. The average Bonchev–Trinajstić information content (AvgIpc) is 2.46. The molecular weight excluding hydrogens is 228 g/mol. The molecule has 1 aromatic carbocycles. The molecule has 0 unspecified atom stereocenters. The Morgan fingerprint density at radius 3 is 2.44 bits per heavy atom. The molecule has 0 radical (unpaired) electrons. The van der Waals surface area contributed by atoms with Crippen LogP contribution in [0.25, 0.3) is 0 Å². The molecular formula is C15H20O3.